The van der Waals surface area contributed by atoms with Crippen LogP contribution in [0.1, 0.15) is 24.8 Å². The molecule has 2 saturated heterocycles. The highest BCUT2D eigenvalue weighted by atomic mass is 35.5. The van der Waals surface area contributed by atoms with Crippen molar-refractivity contribution in [3.05, 3.63) is 34.6 Å². The van der Waals surface area contributed by atoms with Crippen molar-refractivity contribution in [3.8, 4) is 0 Å². The number of ketones is 1. The lowest BCUT2D eigenvalue weighted by Gasteiger charge is -2.25. The number of hydrogen-bond donors (Lipinski definition) is 2. The largest absolute Gasteiger partial charge is 0.373 e. The van der Waals surface area contributed by atoms with Gasteiger partial charge in [-0.25, -0.2) is 4.39 Å². The van der Waals surface area contributed by atoms with E-state index in [4.69, 9.17) is 11.6 Å². The van der Waals surface area contributed by atoms with E-state index >= 15 is 0 Å². The summed E-state index contributed by atoms with van der Waals surface area (Å²) in [6, 6.07) is 4.11. The molecule has 0 bridgehead atoms. The Morgan fingerprint density at radius 1 is 1.46 bits per heavy atom. The lowest BCUT2D eigenvalue weighted by molar-refractivity contribution is -0.154. The van der Waals surface area contributed by atoms with Crippen LogP contribution in [-0.2, 0) is 16.0 Å². The van der Waals surface area contributed by atoms with Crippen molar-refractivity contribution < 1.29 is 19.1 Å². The van der Waals surface area contributed by atoms with Crippen molar-refractivity contribution >= 4 is 23.3 Å². The van der Waals surface area contributed by atoms with Gasteiger partial charge in [-0.1, -0.05) is 11.6 Å². The summed E-state index contributed by atoms with van der Waals surface area (Å²) in [5.41, 5.74) is -1.38. The van der Waals surface area contributed by atoms with E-state index in [1.807, 2.05) is 0 Å². The molecule has 0 radical (unpaired) electrons. The first-order valence-corrected chi connectivity index (χ1v) is 8.50. The second-order valence-electron chi connectivity index (χ2n) is 6.46. The van der Waals surface area contributed by atoms with Gasteiger partial charge in [0.2, 0.25) is 5.60 Å². The average molecular weight is 355 g/mol. The van der Waals surface area contributed by atoms with Gasteiger partial charge in [-0.3, -0.25) is 9.59 Å². The third kappa shape index (κ3) is 3.31. The molecule has 0 aromatic heterocycles. The molecule has 0 saturated carbocycles. The van der Waals surface area contributed by atoms with Gasteiger partial charge >= 0.3 is 0 Å². The van der Waals surface area contributed by atoms with Crippen molar-refractivity contribution in [3.63, 3.8) is 0 Å². The Kier molecular flexibility index (Phi) is 4.90. The molecule has 1 amide bonds. The molecular weight excluding hydrogens is 335 g/mol. The van der Waals surface area contributed by atoms with Gasteiger partial charge < -0.3 is 15.3 Å². The Morgan fingerprint density at radius 2 is 2.25 bits per heavy atom. The lowest BCUT2D eigenvalue weighted by Crippen LogP contribution is -2.49. The number of carbonyl (C=O) groups is 2. The third-order valence-electron chi connectivity index (χ3n) is 4.83. The molecule has 2 atom stereocenters. The summed E-state index contributed by atoms with van der Waals surface area (Å²) in [6.07, 6.45) is 1.15. The van der Waals surface area contributed by atoms with Gasteiger partial charge in [0.1, 0.15) is 5.82 Å². The van der Waals surface area contributed by atoms with Crippen LogP contribution in [0.15, 0.2) is 18.2 Å². The fraction of sp³-hybridized carbons (Fsp3) is 0.529. The Hall–Kier alpha value is -1.50. The van der Waals surface area contributed by atoms with Crippen molar-refractivity contribution in [2.75, 3.05) is 19.6 Å². The Bertz CT molecular complexity index is 643. The molecule has 1 aromatic rings. The Balaban J connectivity index is 1.64. The number of benzene rings is 1. The second-order valence-corrected chi connectivity index (χ2v) is 6.89. The molecule has 2 heterocycles. The highest BCUT2D eigenvalue weighted by molar-refractivity contribution is 6.30. The number of aliphatic hydroxyl groups is 1. The first kappa shape index (κ1) is 17.3. The predicted molar refractivity (Wildman–Crippen MR) is 87.3 cm³/mol. The third-order valence-corrected chi connectivity index (χ3v) is 5.05. The maximum atomic E-state index is 13.3. The van der Waals surface area contributed by atoms with Crippen LogP contribution >= 0.6 is 11.6 Å². The minimum absolute atomic E-state index is 0.0290. The summed E-state index contributed by atoms with van der Waals surface area (Å²) in [4.78, 5) is 26.6. The number of nitrogens with one attached hydrogen (secondary N) is 1. The van der Waals surface area contributed by atoms with Gasteiger partial charge in [0, 0.05) is 37.0 Å². The fourth-order valence-electron chi connectivity index (χ4n) is 3.46. The first-order chi connectivity index (χ1) is 11.4. The Labute approximate surface area is 144 Å². The molecule has 0 aliphatic carbocycles. The minimum Gasteiger partial charge on any atom is -0.373 e. The monoisotopic (exact) mass is 354 g/mol. The topological polar surface area (TPSA) is 69.6 Å². The van der Waals surface area contributed by atoms with Crippen LogP contribution in [0.4, 0.5) is 4.39 Å². The van der Waals surface area contributed by atoms with E-state index in [1.165, 1.54) is 12.1 Å². The first-order valence-electron chi connectivity index (χ1n) is 8.12. The second kappa shape index (κ2) is 6.78. The van der Waals surface area contributed by atoms with Crippen LogP contribution in [0.2, 0.25) is 5.02 Å². The molecule has 3 rings (SSSR count). The summed E-state index contributed by atoms with van der Waals surface area (Å²) in [7, 11) is 0. The van der Waals surface area contributed by atoms with Crippen LogP contribution in [-0.4, -0.2) is 53.0 Å². The highest BCUT2D eigenvalue weighted by Gasteiger charge is 2.52. The van der Waals surface area contributed by atoms with Crippen molar-refractivity contribution in [1.29, 1.82) is 0 Å². The smallest absolute Gasteiger partial charge is 0.262 e. The number of hydrogen-bond acceptors (Lipinski definition) is 4. The number of aryl methyl sites for hydroxylation is 1. The van der Waals surface area contributed by atoms with Crippen molar-refractivity contribution in [2.24, 2.45) is 0 Å². The zero-order chi connectivity index (χ0) is 17.3. The van der Waals surface area contributed by atoms with E-state index in [0.29, 0.717) is 18.7 Å². The van der Waals surface area contributed by atoms with Crippen LogP contribution in [0.25, 0.3) is 0 Å². The van der Waals surface area contributed by atoms with E-state index in [-0.39, 0.29) is 30.3 Å². The van der Waals surface area contributed by atoms with Gasteiger partial charge in [0.05, 0.1) is 0 Å². The highest BCUT2D eigenvalue weighted by Crippen LogP contribution is 2.29. The molecule has 2 aliphatic heterocycles. The average Bonchev–Trinajstić information content (AvgIpc) is 3.14. The van der Waals surface area contributed by atoms with Crippen molar-refractivity contribution in [2.45, 2.75) is 37.3 Å². The van der Waals surface area contributed by atoms with Crippen LogP contribution in [0.5, 0.6) is 0 Å². The predicted octanol–water partition coefficient (Wildman–Crippen LogP) is 1.31. The number of rotatable bonds is 5. The Morgan fingerprint density at radius 3 is 2.92 bits per heavy atom. The normalized spacial score (nSPS) is 27.0. The molecule has 130 valence electrons. The number of Topliss-reactive ketones (excluding diaryl/α,β-unsaturated/α-hetero) is 1. The SMILES string of the molecule is O=C(CCc1cc(F)cc(Cl)c1)C1(O)CCN([C@H]2CCNC2)C1=O. The molecule has 1 unspecified atom stereocenters. The number of halogens is 2. The van der Waals surface area contributed by atoms with E-state index in [1.54, 1.807) is 11.0 Å². The maximum Gasteiger partial charge on any atom is 0.262 e. The van der Waals surface area contributed by atoms with Gasteiger partial charge in [-0.2, -0.15) is 0 Å². The number of carbonyl (C=O) groups excluding carboxylic acids is 2. The van der Waals surface area contributed by atoms with Crippen LogP contribution in [0, 0.1) is 5.82 Å². The van der Waals surface area contributed by atoms with Gasteiger partial charge in [0.25, 0.3) is 5.91 Å². The van der Waals surface area contributed by atoms with Gasteiger partial charge in [-0.15, -0.1) is 0 Å². The molecule has 5 nitrogen and oxygen atoms in total. The standard InChI is InChI=1S/C17H20ClFN2O3/c18-12-7-11(8-13(19)9-12)1-2-15(22)17(24)4-6-21(16(17)23)14-3-5-20-10-14/h7-9,14,20,24H,1-6,10H2/t14-,17?/m0/s1. The lowest BCUT2D eigenvalue weighted by atomic mass is 9.92. The summed E-state index contributed by atoms with van der Waals surface area (Å²) in [5, 5.41) is 14.0. The van der Waals surface area contributed by atoms with E-state index in [0.717, 1.165) is 13.0 Å². The van der Waals surface area contributed by atoms with E-state index in [2.05, 4.69) is 5.32 Å². The molecule has 2 aliphatic rings. The van der Waals surface area contributed by atoms with E-state index in [9.17, 15) is 19.1 Å². The van der Waals surface area contributed by atoms with Crippen LogP contribution < -0.4 is 5.32 Å². The molecule has 1 aromatic carbocycles. The molecular formula is C17H20ClFN2O3. The number of likely N-dealkylation sites (tertiary alicyclic amines) is 1. The van der Waals surface area contributed by atoms with Gasteiger partial charge in [0.15, 0.2) is 5.78 Å². The van der Waals surface area contributed by atoms with Gasteiger partial charge in [-0.05, 0) is 43.1 Å². The molecule has 2 fully saturated rings. The molecule has 24 heavy (non-hydrogen) atoms. The molecule has 2 N–H and O–H groups in total. The van der Waals surface area contributed by atoms with E-state index < -0.39 is 23.1 Å². The zero-order valence-electron chi connectivity index (χ0n) is 13.2. The van der Waals surface area contributed by atoms with Crippen molar-refractivity contribution in [1.82, 2.24) is 10.2 Å². The summed E-state index contributed by atoms with van der Waals surface area (Å²) in [5.74, 6) is -1.49. The summed E-state index contributed by atoms with van der Waals surface area (Å²) < 4.78 is 13.3. The zero-order valence-corrected chi connectivity index (χ0v) is 14.0. The number of amides is 1. The molecule has 0 spiro atoms. The quantitative estimate of drug-likeness (QED) is 0.782. The number of nitrogens with zero attached hydrogens (tertiary/aromatic N) is 1. The fourth-order valence-corrected chi connectivity index (χ4v) is 3.71. The summed E-state index contributed by atoms with van der Waals surface area (Å²) >= 11 is 5.79. The maximum absolute atomic E-state index is 13.3. The minimum atomic E-state index is -1.94. The summed E-state index contributed by atoms with van der Waals surface area (Å²) in [6.45, 7) is 1.91. The van der Waals surface area contributed by atoms with Crippen LogP contribution in [0.3, 0.4) is 0 Å². The molecule has 7 heteroatoms.